The molecule has 0 bridgehead atoms. The standard InChI is InChI=1S/C24H29ClN2O3/c1-2-30-22(28)17-27(16-18-8-4-3-5-9-18)23(19-12-14-20(25)15-13-19)24(29)26-21-10-6-7-11-21/h3-5,8-9,12-15,21,23H,2,6-7,10-11,16-17H2,1H3,(H,26,29)/t23-/m1/s1. The fraction of sp³-hybridized carbons (Fsp3) is 0.417. The predicted molar refractivity (Wildman–Crippen MR) is 118 cm³/mol. The lowest BCUT2D eigenvalue weighted by molar-refractivity contribution is -0.146. The highest BCUT2D eigenvalue weighted by atomic mass is 35.5. The second-order valence-corrected chi connectivity index (χ2v) is 8.08. The maximum absolute atomic E-state index is 13.4. The van der Waals surface area contributed by atoms with Crippen molar-refractivity contribution in [2.75, 3.05) is 13.2 Å². The van der Waals surface area contributed by atoms with Gasteiger partial charge in [0.05, 0.1) is 13.2 Å². The Morgan fingerprint density at radius 3 is 2.40 bits per heavy atom. The molecule has 3 rings (SSSR count). The van der Waals surface area contributed by atoms with Crippen LogP contribution in [0.3, 0.4) is 0 Å². The van der Waals surface area contributed by atoms with Crippen LogP contribution in [0.25, 0.3) is 0 Å². The molecule has 1 atom stereocenters. The van der Waals surface area contributed by atoms with Crippen molar-refractivity contribution in [1.82, 2.24) is 10.2 Å². The lowest BCUT2D eigenvalue weighted by Gasteiger charge is -2.31. The third kappa shape index (κ3) is 6.31. The second-order valence-electron chi connectivity index (χ2n) is 7.64. The van der Waals surface area contributed by atoms with Gasteiger partial charge in [0, 0.05) is 17.6 Å². The quantitative estimate of drug-likeness (QED) is 0.597. The summed E-state index contributed by atoms with van der Waals surface area (Å²) in [5.41, 5.74) is 1.82. The monoisotopic (exact) mass is 428 g/mol. The van der Waals surface area contributed by atoms with E-state index in [1.165, 1.54) is 0 Å². The number of amides is 1. The van der Waals surface area contributed by atoms with Gasteiger partial charge < -0.3 is 10.1 Å². The number of ether oxygens (including phenoxy) is 1. The first-order valence-corrected chi connectivity index (χ1v) is 10.9. The fourth-order valence-corrected chi connectivity index (χ4v) is 4.08. The van der Waals surface area contributed by atoms with Crippen molar-refractivity contribution in [3.63, 3.8) is 0 Å². The number of carbonyl (C=O) groups excluding carboxylic acids is 2. The van der Waals surface area contributed by atoms with Gasteiger partial charge in [-0.05, 0) is 43.0 Å². The van der Waals surface area contributed by atoms with Crippen molar-refractivity contribution < 1.29 is 14.3 Å². The molecule has 1 fully saturated rings. The Balaban J connectivity index is 1.91. The fourth-order valence-electron chi connectivity index (χ4n) is 3.95. The van der Waals surface area contributed by atoms with E-state index in [4.69, 9.17) is 16.3 Å². The van der Waals surface area contributed by atoms with Crippen LogP contribution >= 0.6 is 11.6 Å². The van der Waals surface area contributed by atoms with E-state index in [1.54, 1.807) is 19.1 Å². The summed E-state index contributed by atoms with van der Waals surface area (Å²) in [6.07, 6.45) is 4.26. The summed E-state index contributed by atoms with van der Waals surface area (Å²) < 4.78 is 5.19. The highest BCUT2D eigenvalue weighted by Gasteiger charge is 2.31. The molecule has 1 aliphatic carbocycles. The first kappa shape index (κ1) is 22.3. The van der Waals surface area contributed by atoms with E-state index in [-0.39, 0.29) is 24.5 Å². The number of nitrogens with one attached hydrogen (secondary N) is 1. The predicted octanol–water partition coefficient (Wildman–Crippen LogP) is 4.51. The van der Waals surface area contributed by atoms with Gasteiger partial charge in [-0.15, -0.1) is 0 Å². The number of hydrogen-bond acceptors (Lipinski definition) is 4. The minimum Gasteiger partial charge on any atom is -0.465 e. The molecule has 2 aromatic carbocycles. The van der Waals surface area contributed by atoms with Gasteiger partial charge in [0.1, 0.15) is 6.04 Å². The van der Waals surface area contributed by atoms with Crippen LogP contribution in [-0.2, 0) is 20.9 Å². The van der Waals surface area contributed by atoms with Gasteiger partial charge in [-0.2, -0.15) is 0 Å². The summed E-state index contributed by atoms with van der Waals surface area (Å²) in [4.78, 5) is 27.7. The molecule has 0 aromatic heterocycles. The van der Waals surface area contributed by atoms with Crippen molar-refractivity contribution in [2.24, 2.45) is 0 Å². The number of carbonyl (C=O) groups is 2. The van der Waals surface area contributed by atoms with E-state index in [9.17, 15) is 9.59 Å². The summed E-state index contributed by atoms with van der Waals surface area (Å²) >= 11 is 6.08. The summed E-state index contributed by atoms with van der Waals surface area (Å²) in [5.74, 6) is -0.439. The highest BCUT2D eigenvalue weighted by molar-refractivity contribution is 6.30. The molecule has 0 aliphatic heterocycles. The number of nitrogens with zero attached hydrogens (tertiary/aromatic N) is 1. The molecule has 160 valence electrons. The Labute approximate surface area is 183 Å². The van der Waals surface area contributed by atoms with Gasteiger partial charge in [-0.1, -0.05) is 66.9 Å². The zero-order chi connectivity index (χ0) is 21.3. The minimum atomic E-state index is -0.618. The second kappa shape index (κ2) is 11.1. The summed E-state index contributed by atoms with van der Waals surface area (Å²) in [6, 6.07) is 16.7. The molecule has 1 amide bonds. The van der Waals surface area contributed by atoms with E-state index in [1.807, 2.05) is 47.4 Å². The van der Waals surface area contributed by atoms with E-state index in [0.29, 0.717) is 18.2 Å². The summed E-state index contributed by atoms with van der Waals surface area (Å²) in [5, 5.41) is 3.80. The normalized spacial score (nSPS) is 15.2. The van der Waals surface area contributed by atoms with Crippen LogP contribution in [0.2, 0.25) is 5.02 Å². The largest absolute Gasteiger partial charge is 0.465 e. The van der Waals surface area contributed by atoms with Crippen LogP contribution in [0, 0.1) is 0 Å². The van der Waals surface area contributed by atoms with E-state index < -0.39 is 6.04 Å². The molecule has 0 spiro atoms. The molecule has 2 aromatic rings. The van der Waals surface area contributed by atoms with Gasteiger partial charge in [0.25, 0.3) is 0 Å². The van der Waals surface area contributed by atoms with Gasteiger partial charge >= 0.3 is 5.97 Å². The van der Waals surface area contributed by atoms with Crippen LogP contribution in [0.1, 0.15) is 49.8 Å². The lowest BCUT2D eigenvalue weighted by Crippen LogP contribution is -2.45. The van der Waals surface area contributed by atoms with Crippen LogP contribution in [0.5, 0.6) is 0 Å². The molecular weight excluding hydrogens is 400 g/mol. The number of hydrogen-bond donors (Lipinski definition) is 1. The molecule has 0 saturated heterocycles. The maximum atomic E-state index is 13.4. The van der Waals surface area contributed by atoms with Crippen LogP contribution < -0.4 is 5.32 Å². The molecule has 30 heavy (non-hydrogen) atoms. The molecule has 1 saturated carbocycles. The zero-order valence-electron chi connectivity index (χ0n) is 17.4. The number of rotatable bonds is 9. The van der Waals surface area contributed by atoms with Gasteiger partial charge in [0.2, 0.25) is 5.91 Å². The van der Waals surface area contributed by atoms with E-state index >= 15 is 0 Å². The highest BCUT2D eigenvalue weighted by Crippen LogP contribution is 2.27. The molecule has 0 unspecified atom stereocenters. The minimum absolute atomic E-state index is 0.0219. The zero-order valence-corrected chi connectivity index (χ0v) is 18.1. The first-order chi connectivity index (χ1) is 14.6. The summed E-state index contributed by atoms with van der Waals surface area (Å²) in [7, 11) is 0. The Hall–Kier alpha value is -2.37. The molecule has 0 radical (unpaired) electrons. The van der Waals surface area contributed by atoms with Crippen LogP contribution in [0.4, 0.5) is 0 Å². The summed E-state index contributed by atoms with van der Waals surface area (Å²) in [6.45, 7) is 2.56. The lowest BCUT2D eigenvalue weighted by atomic mass is 10.0. The van der Waals surface area contributed by atoms with Gasteiger partial charge in [0.15, 0.2) is 0 Å². The van der Waals surface area contributed by atoms with Crippen molar-refractivity contribution in [3.05, 3.63) is 70.7 Å². The van der Waals surface area contributed by atoms with Crippen molar-refractivity contribution in [2.45, 2.75) is 51.2 Å². The molecule has 0 heterocycles. The van der Waals surface area contributed by atoms with Crippen molar-refractivity contribution in [3.8, 4) is 0 Å². The Bertz CT molecular complexity index is 820. The van der Waals surface area contributed by atoms with Crippen molar-refractivity contribution in [1.29, 1.82) is 0 Å². The number of halogens is 1. The third-order valence-corrected chi connectivity index (χ3v) is 5.62. The molecule has 5 nitrogen and oxygen atoms in total. The third-order valence-electron chi connectivity index (χ3n) is 5.37. The molecular formula is C24H29ClN2O3. The SMILES string of the molecule is CCOC(=O)CN(Cc1ccccc1)[C@@H](C(=O)NC1CCCC1)c1ccc(Cl)cc1. The number of esters is 1. The molecule has 1 aliphatic rings. The van der Waals surface area contributed by atoms with Crippen LogP contribution in [0.15, 0.2) is 54.6 Å². The topological polar surface area (TPSA) is 58.6 Å². The van der Waals surface area contributed by atoms with E-state index in [2.05, 4.69) is 5.32 Å². The average molecular weight is 429 g/mol. The Morgan fingerprint density at radius 2 is 1.77 bits per heavy atom. The first-order valence-electron chi connectivity index (χ1n) is 10.6. The van der Waals surface area contributed by atoms with E-state index in [0.717, 1.165) is 36.8 Å². The number of benzene rings is 2. The van der Waals surface area contributed by atoms with Crippen molar-refractivity contribution >= 4 is 23.5 Å². The molecule has 1 N–H and O–H groups in total. The van der Waals surface area contributed by atoms with Gasteiger partial charge in [-0.25, -0.2) is 0 Å². The maximum Gasteiger partial charge on any atom is 0.320 e. The Morgan fingerprint density at radius 1 is 1.10 bits per heavy atom. The Kier molecular flexibility index (Phi) is 8.29. The van der Waals surface area contributed by atoms with Gasteiger partial charge in [-0.3, -0.25) is 14.5 Å². The van der Waals surface area contributed by atoms with Crippen LogP contribution in [-0.4, -0.2) is 36.0 Å². The average Bonchev–Trinajstić information content (AvgIpc) is 3.23. The smallest absolute Gasteiger partial charge is 0.320 e. The molecule has 6 heteroatoms.